The lowest BCUT2D eigenvalue weighted by molar-refractivity contribution is -0.384. The van der Waals surface area contributed by atoms with E-state index in [-0.39, 0.29) is 5.69 Å². The fraction of sp³-hybridized carbons (Fsp3) is 0. The Morgan fingerprint density at radius 3 is 2.36 bits per heavy atom. The predicted molar refractivity (Wildman–Crippen MR) is 56.1 cm³/mol. The van der Waals surface area contributed by atoms with Crippen LogP contribution in [0, 0.1) is 10.1 Å². The molecule has 5 heteroatoms. The van der Waals surface area contributed by atoms with Crippen LogP contribution in [-0.4, -0.2) is 11.2 Å². The Morgan fingerprint density at radius 2 is 1.93 bits per heavy atom. The smallest absolute Gasteiger partial charge is 0.269 e. The van der Waals surface area contributed by atoms with E-state index in [4.69, 9.17) is 0 Å². The summed E-state index contributed by atoms with van der Waals surface area (Å²) in [6.45, 7) is 0. The Morgan fingerprint density at radius 1 is 1.36 bits per heavy atom. The number of halogens is 1. The van der Waals surface area contributed by atoms with Crippen molar-refractivity contribution in [2.75, 3.05) is 0 Å². The van der Waals surface area contributed by atoms with Gasteiger partial charge in [-0.15, -0.1) is 0 Å². The van der Waals surface area contributed by atoms with Gasteiger partial charge in [-0.25, -0.2) is 0 Å². The molecule has 0 spiro atoms. The van der Waals surface area contributed by atoms with E-state index in [9.17, 15) is 14.9 Å². The van der Waals surface area contributed by atoms with E-state index >= 15 is 0 Å². The molecule has 0 heterocycles. The molecule has 0 aliphatic rings. The molecule has 0 fully saturated rings. The molecular weight excluding hydrogens is 250 g/mol. The molecule has 4 nitrogen and oxygen atoms in total. The molecule has 0 saturated heterocycles. The quantitative estimate of drug-likeness (QED) is 0.361. The molecule has 0 aliphatic heterocycles. The zero-order chi connectivity index (χ0) is 10.6. The van der Waals surface area contributed by atoms with E-state index in [0.717, 1.165) is 5.56 Å². The van der Waals surface area contributed by atoms with Crippen LogP contribution in [0.25, 0.3) is 6.08 Å². The molecule has 1 aromatic rings. The van der Waals surface area contributed by atoms with E-state index in [1.165, 1.54) is 12.1 Å². The Hall–Kier alpha value is -1.49. The van der Waals surface area contributed by atoms with Crippen molar-refractivity contribution in [3.8, 4) is 0 Å². The highest BCUT2D eigenvalue weighted by Gasteiger charge is 2.02. The van der Waals surface area contributed by atoms with Gasteiger partial charge >= 0.3 is 0 Å². The highest BCUT2D eigenvalue weighted by atomic mass is 79.9. The summed E-state index contributed by atoms with van der Waals surface area (Å²) in [6.07, 6.45) is 2.23. The molecule has 72 valence electrons. The summed E-state index contributed by atoms with van der Waals surface area (Å²) in [6, 6.07) is 5.92. The molecule has 0 saturated carbocycles. The maximum atomic E-state index is 10.3. The Labute approximate surface area is 88.5 Å². The van der Waals surface area contributed by atoms with E-state index in [0.29, 0.717) is 10.8 Å². The van der Waals surface area contributed by atoms with Gasteiger partial charge in [-0.3, -0.25) is 14.9 Å². The van der Waals surface area contributed by atoms with Crippen LogP contribution < -0.4 is 0 Å². The van der Waals surface area contributed by atoms with Crippen LogP contribution in [0.1, 0.15) is 5.56 Å². The zero-order valence-electron chi connectivity index (χ0n) is 7.01. The Balaban J connectivity index is 2.94. The number of carbonyl (C=O) groups excluding carboxylic acids is 1. The minimum atomic E-state index is -0.470. The average molecular weight is 256 g/mol. The molecule has 0 amide bonds. The molecule has 0 radical (unpaired) electrons. The number of nitrogens with zero attached hydrogens (tertiary/aromatic N) is 1. The lowest BCUT2D eigenvalue weighted by Gasteiger charge is -1.93. The Kier molecular flexibility index (Phi) is 3.53. The van der Waals surface area contributed by atoms with Crippen molar-refractivity contribution in [1.82, 2.24) is 0 Å². The highest BCUT2D eigenvalue weighted by Crippen LogP contribution is 2.15. The SMILES string of the molecule is O=CC(Br)=Cc1ccc([N+](=O)[O-])cc1. The van der Waals surface area contributed by atoms with Gasteiger partial charge < -0.3 is 0 Å². The second-order valence-electron chi connectivity index (χ2n) is 2.50. The molecule has 1 aromatic carbocycles. The fourth-order valence-corrected chi connectivity index (χ4v) is 1.15. The van der Waals surface area contributed by atoms with Crippen molar-refractivity contribution >= 4 is 34.0 Å². The average Bonchev–Trinajstić information content (AvgIpc) is 2.18. The third-order valence-electron chi connectivity index (χ3n) is 1.52. The number of hydrogen-bond donors (Lipinski definition) is 0. The third kappa shape index (κ3) is 2.77. The van der Waals surface area contributed by atoms with Gasteiger partial charge in [0.1, 0.15) is 0 Å². The van der Waals surface area contributed by atoms with Crippen molar-refractivity contribution in [3.63, 3.8) is 0 Å². The monoisotopic (exact) mass is 255 g/mol. The number of rotatable bonds is 3. The molecule has 0 atom stereocenters. The molecular formula is C9H6BrNO3. The van der Waals surface area contributed by atoms with Gasteiger partial charge in [0.05, 0.1) is 9.41 Å². The number of allylic oxidation sites excluding steroid dienone is 1. The van der Waals surface area contributed by atoms with Crippen molar-refractivity contribution in [3.05, 3.63) is 44.4 Å². The molecule has 0 aromatic heterocycles. The van der Waals surface area contributed by atoms with E-state index in [2.05, 4.69) is 15.9 Å². The van der Waals surface area contributed by atoms with Crippen LogP contribution in [0.15, 0.2) is 28.7 Å². The van der Waals surface area contributed by atoms with E-state index in [1.807, 2.05) is 0 Å². The van der Waals surface area contributed by atoms with Crippen molar-refractivity contribution in [1.29, 1.82) is 0 Å². The van der Waals surface area contributed by atoms with Gasteiger partial charge in [-0.2, -0.15) is 0 Å². The van der Waals surface area contributed by atoms with E-state index in [1.54, 1.807) is 18.2 Å². The predicted octanol–water partition coefficient (Wildman–Crippen LogP) is 2.53. The molecule has 0 aliphatic carbocycles. The first kappa shape index (κ1) is 10.6. The molecule has 0 bridgehead atoms. The van der Waals surface area contributed by atoms with Crippen LogP contribution in [0.3, 0.4) is 0 Å². The maximum Gasteiger partial charge on any atom is 0.269 e. The number of carbonyl (C=O) groups is 1. The topological polar surface area (TPSA) is 60.2 Å². The van der Waals surface area contributed by atoms with Gasteiger partial charge in [-0.1, -0.05) is 0 Å². The molecule has 14 heavy (non-hydrogen) atoms. The summed E-state index contributed by atoms with van der Waals surface area (Å²) >= 11 is 3.02. The molecule has 0 N–H and O–H groups in total. The summed E-state index contributed by atoms with van der Waals surface area (Å²) in [5, 5.41) is 10.3. The van der Waals surface area contributed by atoms with Crippen LogP contribution in [0.5, 0.6) is 0 Å². The van der Waals surface area contributed by atoms with Gasteiger partial charge in [0.2, 0.25) is 0 Å². The normalized spacial score (nSPS) is 11.1. The van der Waals surface area contributed by atoms with Crippen molar-refractivity contribution < 1.29 is 9.72 Å². The second-order valence-corrected chi connectivity index (χ2v) is 3.41. The fourth-order valence-electron chi connectivity index (χ4n) is 0.886. The number of nitro groups is 1. The first-order valence-electron chi connectivity index (χ1n) is 3.70. The first-order valence-corrected chi connectivity index (χ1v) is 4.49. The van der Waals surface area contributed by atoms with Gasteiger partial charge in [0.15, 0.2) is 6.29 Å². The summed E-state index contributed by atoms with van der Waals surface area (Å²) < 4.78 is 0.395. The van der Waals surface area contributed by atoms with Gasteiger partial charge in [0.25, 0.3) is 5.69 Å². The molecule has 1 rings (SSSR count). The summed E-state index contributed by atoms with van der Waals surface area (Å²) in [5.41, 5.74) is 0.763. The van der Waals surface area contributed by atoms with Crippen LogP contribution in [-0.2, 0) is 4.79 Å². The minimum Gasteiger partial charge on any atom is -0.297 e. The van der Waals surface area contributed by atoms with Crippen LogP contribution in [0.2, 0.25) is 0 Å². The first-order chi connectivity index (χ1) is 6.63. The highest BCUT2D eigenvalue weighted by molar-refractivity contribution is 9.12. The zero-order valence-corrected chi connectivity index (χ0v) is 8.60. The van der Waals surface area contributed by atoms with E-state index < -0.39 is 4.92 Å². The second kappa shape index (κ2) is 4.66. The third-order valence-corrected chi connectivity index (χ3v) is 1.94. The van der Waals surface area contributed by atoms with Crippen molar-refractivity contribution in [2.45, 2.75) is 0 Å². The van der Waals surface area contributed by atoms with Crippen LogP contribution >= 0.6 is 15.9 Å². The van der Waals surface area contributed by atoms with Crippen molar-refractivity contribution in [2.24, 2.45) is 0 Å². The number of nitro benzene ring substituents is 1. The number of benzene rings is 1. The lowest BCUT2D eigenvalue weighted by atomic mass is 10.2. The summed E-state index contributed by atoms with van der Waals surface area (Å²) in [4.78, 5) is 20.1. The summed E-state index contributed by atoms with van der Waals surface area (Å²) in [7, 11) is 0. The van der Waals surface area contributed by atoms with Crippen LogP contribution in [0.4, 0.5) is 5.69 Å². The largest absolute Gasteiger partial charge is 0.297 e. The lowest BCUT2D eigenvalue weighted by Crippen LogP contribution is -1.86. The van der Waals surface area contributed by atoms with Gasteiger partial charge in [-0.05, 0) is 39.7 Å². The maximum absolute atomic E-state index is 10.3. The standard InChI is InChI=1S/C9H6BrNO3/c10-8(6-12)5-7-1-3-9(4-2-7)11(13)14/h1-6H. The number of aldehydes is 1. The number of hydrogen-bond acceptors (Lipinski definition) is 3. The minimum absolute atomic E-state index is 0.0318. The summed E-state index contributed by atoms with van der Waals surface area (Å²) in [5.74, 6) is 0. The molecule has 0 unspecified atom stereocenters. The number of non-ortho nitro benzene ring substituents is 1. The Bertz CT molecular complexity index is 384. The van der Waals surface area contributed by atoms with Gasteiger partial charge in [0, 0.05) is 12.1 Å².